The zero-order chi connectivity index (χ0) is 31.2. The number of likely N-dealkylation sites (tertiary alicyclic amines) is 2. The highest BCUT2D eigenvalue weighted by atomic mass is 16.6. The number of hydrogen-bond acceptors (Lipinski definition) is 10. The number of nitrogens with zero attached hydrogens (tertiary/aromatic N) is 4. The second-order valence-corrected chi connectivity index (χ2v) is 14.1. The van der Waals surface area contributed by atoms with Gasteiger partial charge >= 0.3 is 6.09 Å². The van der Waals surface area contributed by atoms with Gasteiger partial charge in [-0.3, -0.25) is 14.5 Å². The van der Waals surface area contributed by atoms with Gasteiger partial charge in [-0.2, -0.15) is 9.97 Å². The van der Waals surface area contributed by atoms with Crippen molar-refractivity contribution in [2.24, 2.45) is 11.1 Å². The smallest absolute Gasteiger partial charge is 0.410 e. The second-order valence-electron chi connectivity index (χ2n) is 14.1. The number of nitrogens with two attached hydrogens (primary N) is 1. The maximum Gasteiger partial charge on any atom is 0.410 e. The molecule has 236 valence electrons. The van der Waals surface area contributed by atoms with Crippen LogP contribution in [0.3, 0.4) is 0 Å². The molecule has 1 spiro atoms. The lowest BCUT2D eigenvalue weighted by atomic mass is 9.62. The number of carbonyl (C=O) groups excluding carboxylic acids is 3. The zero-order valence-corrected chi connectivity index (χ0v) is 26.5. The van der Waals surface area contributed by atoms with Crippen molar-refractivity contribution in [2.45, 2.75) is 116 Å². The Balaban J connectivity index is 1.42. The molecule has 4 aliphatic rings. The van der Waals surface area contributed by atoms with E-state index >= 15 is 0 Å². The van der Waals surface area contributed by atoms with Crippen LogP contribution in [0.2, 0.25) is 0 Å². The molecule has 3 atom stereocenters. The lowest BCUT2D eigenvalue weighted by molar-refractivity contribution is -0.143. The number of aromatic nitrogens is 2. The predicted molar refractivity (Wildman–Crippen MR) is 160 cm³/mol. The van der Waals surface area contributed by atoms with E-state index in [1.165, 1.54) is 0 Å². The zero-order valence-electron chi connectivity index (χ0n) is 26.5. The number of hydrogen-bond donors (Lipinski definition) is 1. The van der Waals surface area contributed by atoms with Crippen LogP contribution < -0.4 is 15.2 Å². The number of ether oxygens (including phenoxy) is 3. The molecule has 1 aromatic heterocycles. The maximum absolute atomic E-state index is 13.8. The Hall–Kier alpha value is -3.21. The van der Waals surface area contributed by atoms with E-state index < -0.39 is 22.6 Å². The molecule has 43 heavy (non-hydrogen) atoms. The fourth-order valence-electron chi connectivity index (χ4n) is 6.74. The highest BCUT2D eigenvalue weighted by Crippen LogP contribution is 2.45. The molecule has 11 heteroatoms. The van der Waals surface area contributed by atoms with Gasteiger partial charge in [0.15, 0.2) is 11.6 Å². The number of Topliss-reactive ketones (excluding diaryl/α,β-unsaturated/α-hetero) is 2. The first-order valence-corrected chi connectivity index (χ1v) is 15.7. The minimum atomic E-state index is -0.974. The van der Waals surface area contributed by atoms with E-state index in [1.54, 1.807) is 11.0 Å². The fourth-order valence-corrected chi connectivity index (χ4v) is 6.74. The molecule has 2 saturated heterocycles. The number of amides is 1. The highest BCUT2D eigenvalue weighted by Gasteiger charge is 2.53. The molecule has 2 saturated carbocycles. The Bertz CT molecular complexity index is 1300. The lowest BCUT2D eigenvalue weighted by Gasteiger charge is -2.53. The predicted octanol–water partition coefficient (Wildman–Crippen LogP) is 4.28. The third kappa shape index (κ3) is 6.23. The van der Waals surface area contributed by atoms with Crippen molar-refractivity contribution >= 4 is 23.4 Å². The average molecular weight is 598 g/mol. The van der Waals surface area contributed by atoms with Gasteiger partial charge in [0, 0.05) is 18.0 Å². The Morgan fingerprint density at radius 3 is 2.44 bits per heavy atom. The molecule has 1 amide bonds. The van der Waals surface area contributed by atoms with Crippen LogP contribution in [-0.2, 0) is 14.3 Å². The number of rotatable bonds is 6. The molecule has 3 heterocycles. The van der Waals surface area contributed by atoms with Gasteiger partial charge in [-0.25, -0.2) is 4.79 Å². The third-order valence-electron chi connectivity index (χ3n) is 9.58. The molecule has 5 rings (SSSR count). The first kappa shape index (κ1) is 31.2. The number of ketones is 2. The summed E-state index contributed by atoms with van der Waals surface area (Å²) in [6, 6.07) is 1.90. The van der Waals surface area contributed by atoms with E-state index in [1.807, 2.05) is 34.6 Å². The second kappa shape index (κ2) is 11.7. The van der Waals surface area contributed by atoms with Crippen LogP contribution in [0.4, 0.5) is 4.79 Å². The van der Waals surface area contributed by atoms with Crippen molar-refractivity contribution in [1.82, 2.24) is 19.8 Å². The maximum atomic E-state index is 13.8. The summed E-state index contributed by atoms with van der Waals surface area (Å²) >= 11 is 0. The van der Waals surface area contributed by atoms with Crippen molar-refractivity contribution in [3.63, 3.8) is 0 Å². The minimum absolute atomic E-state index is 0.0261. The molecule has 1 aromatic rings. The Morgan fingerprint density at radius 2 is 1.79 bits per heavy atom. The molecule has 0 unspecified atom stereocenters. The van der Waals surface area contributed by atoms with Crippen LogP contribution in [0.1, 0.15) is 98.2 Å². The highest BCUT2D eigenvalue weighted by molar-refractivity contribution is 6.17. The summed E-state index contributed by atoms with van der Waals surface area (Å²) in [4.78, 5) is 52.7. The molecule has 4 fully saturated rings. The fraction of sp³-hybridized carbons (Fsp3) is 0.719. The normalized spacial score (nSPS) is 28.9. The molecule has 0 bridgehead atoms. The Labute approximate surface area is 254 Å². The third-order valence-corrected chi connectivity index (χ3v) is 9.58. The van der Waals surface area contributed by atoms with Crippen LogP contribution in [0.5, 0.6) is 11.8 Å². The topological polar surface area (TPSA) is 137 Å². The number of likely N-dealkylation sites (N-methyl/N-ethyl adjacent to an activating group) is 1. The molecular weight excluding hydrogens is 550 g/mol. The van der Waals surface area contributed by atoms with E-state index in [-0.39, 0.29) is 41.1 Å². The van der Waals surface area contributed by atoms with E-state index in [4.69, 9.17) is 19.9 Å². The standard InChI is InChI=1S/C32H47N5O6/c1-30(2,3)43-29(40)37-18-23(31(37,4)5)42-25-17-24(41-19-20-11-10-16-36(20)6)34-28(35-25)26(33)21-12-9-15-32(27(21)39)14-8-7-13-22(32)38/h17,20,23H,7-16,18-19,33H2,1-6H3/b26-21-/t20-,23+,32+/m0/s1. The first-order valence-electron chi connectivity index (χ1n) is 15.7. The van der Waals surface area contributed by atoms with Gasteiger partial charge in [0.2, 0.25) is 11.8 Å². The molecule has 2 aliphatic heterocycles. The summed E-state index contributed by atoms with van der Waals surface area (Å²) in [6.45, 7) is 11.1. The van der Waals surface area contributed by atoms with Crippen LogP contribution in [-0.4, -0.2) is 87.5 Å². The largest absolute Gasteiger partial charge is 0.476 e. The van der Waals surface area contributed by atoms with Gasteiger partial charge in [0.25, 0.3) is 0 Å². The Kier molecular flexibility index (Phi) is 8.50. The van der Waals surface area contributed by atoms with E-state index in [0.29, 0.717) is 56.7 Å². The summed E-state index contributed by atoms with van der Waals surface area (Å²) in [5.74, 6) is 0.544. The molecule has 2 N–H and O–H groups in total. The quantitative estimate of drug-likeness (QED) is 0.374. The lowest BCUT2D eigenvalue weighted by Crippen LogP contribution is -2.71. The number of carbonyl (C=O) groups is 3. The van der Waals surface area contributed by atoms with Crippen molar-refractivity contribution in [1.29, 1.82) is 0 Å². The van der Waals surface area contributed by atoms with E-state index in [2.05, 4.69) is 21.9 Å². The van der Waals surface area contributed by atoms with Crippen molar-refractivity contribution in [2.75, 3.05) is 26.7 Å². The first-order chi connectivity index (χ1) is 20.2. The molecule has 2 aliphatic carbocycles. The van der Waals surface area contributed by atoms with Crippen molar-refractivity contribution in [3.8, 4) is 11.8 Å². The molecule has 11 nitrogen and oxygen atoms in total. The van der Waals surface area contributed by atoms with Crippen LogP contribution in [0, 0.1) is 5.41 Å². The number of allylic oxidation sites excluding steroid dienone is 1. The van der Waals surface area contributed by atoms with E-state index in [9.17, 15) is 14.4 Å². The summed E-state index contributed by atoms with van der Waals surface area (Å²) in [5, 5.41) is 0. The molecular formula is C32H47N5O6. The monoisotopic (exact) mass is 597 g/mol. The van der Waals surface area contributed by atoms with Crippen LogP contribution in [0.15, 0.2) is 11.6 Å². The summed E-state index contributed by atoms with van der Waals surface area (Å²) in [5.41, 5.74) is 5.00. The Morgan fingerprint density at radius 1 is 1.07 bits per heavy atom. The summed E-state index contributed by atoms with van der Waals surface area (Å²) in [6.07, 6.45) is 5.80. The minimum Gasteiger partial charge on any atom is -0.476 e. The SMILES string of the molecule is CN1CCC[C@H]1COc1cc(O[C@@H]2CN(C(=O)OC(C)(C)C)C2(C)C)nc(/C(N)=C2\CCC[C@@]3(CCCCC3=O)C2=O)n1. The van der Waals surface area contributed by atoms with Gasteiger partial charge in [-0.1, -0.05) is 6.42 Å². The van der Waals surface area contributed by atoms with Crippen LogP contribution in [0.25, 0.3) is 5.70 Å². The summed E-state index contributed by atoms with van der Waals surface area (Å²) < 4.78 is 18.1. The van der Waals surface area contributed by atoms with Gasteiger partial charge in [0.1, 0.15) is 24.1 Å². The van der Waals surface area contributed by atoms with Crippen molar-refractivity contribution < 1.29 is 28.6 Å². The van der Waals surface area contributed by atoms with Gasteiger partial charge in [-0.15, -0.1) is 0 Å². The summed E-state index contributed by atoms with van der Waals surface area (Å²) in [7, 11) is 2.08. The molecule has 0 aromatic carbocycles. The van der Waals surface area contributed by atoms with Gasteiger partial charge < -0.3 is 24.8 Å². The average Bonchev–Trinajstić information content (AvgIpc) is 3.35. The molecule has 0 radical (unpaired) electrons. The van der Waals surface area contributed by atoms with Gasteiger partial charge in [0.05, 0.1) is 29.3 Å². The van der Waals surface area contributed by atoms with E-state index in [0.717, 1.165) is 32.2 Å². The van der Waals surface area contributed by atoms with Crippen molar-refractivity contribution in [3.05, 3.63) is 17.5 Å². The van der Waals surface area contributed by atoms with Gasteiger partial charge in [-0.05, 0) is 93.2 Å². The van der Waals surface area contributed by atoms with Crippen LogP contribution >= 0.6 is 0 Å².